The first kappa shape index (κ1) is 17.1. The van der Waals surface area contributed by atoms with Gasteiger partial charge >= 0.3 is 5.97 Å². The third-order valence-electron chi connectivity index (χ3n) is 4.13. The van der Waals surface area contributed by atoms with E-state index in [0.29, 0.717) is 12.8 Å². The Morgan fingerprint density at radius 2 is 2.00 bits per heavy atom. The van der Waals surface area contributed by atoms with Gasteiger partial charge in [0.2, 0.25) is 5.91 Å². The maximum atomic E-state index is 12.4. The van der Waals surface area contributed by atoms with Gasteiger partial charge in [0.25, 0.3) is 0 Å². The van der Waals surface area contributed by atoms with E-state index in [0.717, 1.165) is 16.5 Å². The molecule has 0 saturated heterocycles. The van der Waals surface area contributed by atoms with Crippen LogP contribution in [0.1, 0.15) is 37.8 Å². The predicted molar refractivity (Wildman–Crippen MR) is 90.5 cm³/mol. The zero-order valence-corrected chi connectivity index (χ0v) is 13.9. The van der Waals surface area contributed by atoms with E-state index in [4.69, 9.17) is 5.11 Å². The molecule has 1 amide bonds. The van der Waals surface area contributed by atoms with Crippen LogP contribution in [0.3, 0.4) is 0 Å². The summed E-state index contributed by atoms with van der Waals surface area (Å²) in [6.45, 7) is 6.14. The Kier molecular flexibility index (Phi) is 5.42. The summed E-state index contributed by atoms with van der Waals surface area (Å²) in [5, 5.41) is 9.96. The number of nitrogens with zero attached hydrogens (tertiary/aromatic N) is 1. The van der Waals surface area contributed by atoms with Crippen molar-refractivity contribution in [2.45, 2.75) is 46.1 Å². The molecule has 1 aromatic carbocycles. The van der Waals surface area contributed by atoms with E-state index in [9.17, 15) is 9.59 Å². The summed E-state index contributed by atoms with van der Waals surface area (Å²) in [5.41, 5.74) is 3.42. The molecule has 23 heavy (non-hydrogen) atoms. The number of carbonyl (C=O) groups excluding carboxylic acids is 1. The highest BCUT2D eigenvalue weighted by molar-refractivity contribution is 5.86. The highest BCUT2D eigenvalue weighted by Crippen LogP contribution is 2.22. The molecule has 0 fully saturated rings. The van der Waals surface area contributed by atoms with Crippen LogP contribution >= 0.6 is 0 Å². The van der Waals surface area contributed by atoms with Crippen LogP contribution < -0.4 is 0 Å². The lowest BCUT2D eigenvalue weighted by molar-refractivity contribution is -0.139. The second-order valence-electron chi connectivity index (χ2n) is 6.14. The van der Waals surface area contributed by atoms with Crippen molar-refractivity contribution in [1.29, 1.82) is 0 Å². The largest absolute Gasteiger partial charge is 0.481 e. The van der Waals surface area contributed by atoms with Crippen molar-refractivity contribution in [2.75, 3.05) is 6.54 Å². The number of carboxylic acids is 1. The number of H-pyrrole nitrogens is 1. The molecule has 2 rings (SSSR count). The van der Waals surface area contributed by atoms with Crippen molar-refractivity contribution < 1.29 is 14.7 Å². The Balaban J connectivity index is 2.04. The predicted octanol–water partition coefficient (Wildman–Crippen LogP) is 3.12. The Hall–Kier alpha value is -2.30. The molecule has 2 N–H and O–H groups in total. The molecule has 1 heterocycles. The molecular weight excluding hydrogens is 292 g/mol. The van der Waals surface area contributed by atoms with E-state index in [1.807, 2.05) is 26.1 Å². The number of aromatic amines is 1. The number of para-hydroxylation sites is 1. The number of fused-ring (bicyclic) bond motifs is 1. The van der Waals surface area contributed by atoms with Gasteiger partial charge in [-0.05, 0) is 38.3 Å². The molecule has 0 bridgehead atoms. The molecule has 0 saturated carbocycles. The van der Waals surface area contributed by atoms with Crippen molar-refractivity contribution in [3.8, 4) is 0 Å². The minimum absolute atomic E-state index is 0.00301. The zero-order chi connectivity index (χ0) is 17.0. The lowest BCUT2D eigenvalue weighted by Crippen LogP contribution is -2.38. The second kappa shape index (κ2) is 7.31. The molecule has 5 heteroatoms. The lowest BCUT2D eigenvalue weighted by atomic mass is 10.1. The minimum Gasteiger partial charge on any atom is -0.481 e. The molecule has 1 aromatic heterocycles. The van der Waals surface area contributed by atoms with Gasteiger partial charge in [0.05, 0.1) is 6.42 Å². The molecule has 0 aliphatic rings. The van der Waals surface area contributed by atoms with Gasteiger partial charge in [0, 0.05) is 36.1 Å². The normalized spacial score (nSPS) is 11.1. The van der Waals surface area contributed by atoms with Crippen molar-refractivity contribution in [1.82, 2.24) is 9.88 Å². The molecule has 0 aliphatic carbocycles. The maximum Gasteiger partial charge on any atom is 0.305 e. The van der Waals surface area contributed by atoms with Gasteiger partial charge in [-0.3, -0.25) is 9.59 Å². The number of carbonyl (C=O) groups is 2. The van der Waals surface area contributed by atoms with Gasteiger partial charge in [-0.2, -0.15) is 0 Å². The van der Waals surface area contributed by atoms with E-state index in [-0.39, 0.29) is 24.9 Å². The number of rotatable bonds is 7. The van der Waals surface area contributed by atoms with Crippen LogP contribution in [-0.2, 0) is 16.0 Å². The monoisotopic (exact) mass is 316 g/mol. The number of aliphatic carboxylic acids is 1. The number of carboxylic acid groups (broad SMARTS) is 1. The highest BCUT2D eigenvalue weighted by Gasteiger charge is 2.18. The zero-order valence-electron chi connectivity index (χ0n) is 13.9. The topological polar surface area (TPSA) is 73.4 Å². The van der Waals surface area contributed by atoms with Crippen LogP contribution in [0.5, 0.6) is 0 Å². The fourth-order valence-electron chi connectivity index (χ4n) is 2.84. The SMILES string of the molecule is Cc1cccc2c(CCC(=O)N(CCC(=O)O)C(C)C)c[nH]c12. The molecule has 0 atom stereocenters. The summed E-state index contributed by atoms with van der Waals surface area (Å²) >= 11 is 0. The van der Waals surface area contributed by atoms with E-state index >= 15 is 0 Å². The average molecular weight is 316 g/mol. The molecule has 0 spiro atoms. The smallest absolute Gasteiger partial charge is 0.305 e. The van der Waals surface area contributed by atoms with Crippen LogP contribution in [0, 0.1) is 6.92 Å². The quantitative estimate of drug-likeness (QED) is 0.824. The first-order chi connectivity index (χ1) is 10.9. The van der Waals surface area contributed by atoms with E-state index in [1.54, 1.807) is 4.90 Å². The van der Waals surface area contributed by atoms with Crippen molar-refractivity contribution in [3.05, 3.63) is 35.5 Å². The van der Waals surface area contributed by atoms with Crippen LogP contribution in [0.25, 0.3) is 10.9 Å². The second-order valence-corrected chi connectivity index (χ2v) is 6.14. The lowest BCUT2D eigenvalue weighted by Gasteiger charge is -2.26. The van der Waals surface area contributed by atoms with Gasteiger partial charge in [-0.25, -0.2) is 0 Å². The summed E-state index contributed by atoms with van der Waals surface area (Å²) < 4.78 is 0. The van der Waals surface area contributed by atoms with Crippen LogP contribution in [0.4, 0.5) is 0 Å². The Bertz CT molecular complexity index is 703. The average Bonchev–Trinajstić information content (AvgIpc) is 2.89. The summed E-state index contributed by atoms with van der Waals surface area (Å²) in [4.78, 5) is 28.1. The minimum atomic E-state index is -0.879. The Morgan fingerprint density at radius 3 is 2.65 bits per heavy atom. The van der Waals surface area contributed by atoms with E-state index in [1.165, 1.54) is 5.56 Å². The van der Waals surface area contributed by atoms with Gasteiger partial charge < -0.3 is 15.0 Å². The molecule has 0 aliphatic heterocycles. The fraction of sp³-hybridized carbons (Fsp3) is 0.444. The van der Waals surface area contributed by atoms with Crippen LogP contribution in [0.2, 0.25) is 0 Å². The summed E-state index contributed by atoms with van der Waals surface area (Å²) in [5.74, 6) is -0.876. The third-order valence-corrected chi connectivity index (χ3v) is 4.13. The third kappa shape index (κ3) is 4.12. The number of amides is 1. The molecule has 5 nitrogen and oxygen atoms in total. The number of nitrogens with one attached hydrogen (secondary N) is 1. The van der Waals surface area contributed by atoms with Gasteiger partial charge in [0.15, 0.2) is 0 Å². The number of aryl methyl sites for hydroxylation is 2. The molecule has 0 unspecified atom stereocenters. The number of aromatic nitrogens is 1. The molecule has 2 aromatic rings. The molecular formula is C18H24N2O3. The van der Waals surface area contributed by atoms with Crippen molar-refractivity contribution in [3.63, 3.8) is 0 Å². The number of hydrogen-bond acceptors (Lipinski definition) is 2. The standard InChI is InChI=1S/C18H24N2O3/c1-12(2)20(10-9-17(22)23)16(21)8-7-14-11-19-18-13(3)5-4-6-15(14)18/h4-6,11-12,19H,7-10H2,1-3H3,(H,22,23). The molecule has 124 valence electrons. The van der Waals surface area contributed by atoms with E-state index in [2.05, 4.69) is 24.0 Å². The number of benzene rings is 1. The maximum absolute atomic E-state index is 12.4. The van der Waals surface area contributed by atoms with Crippen LogP contribution in [0.15, 0.2) is 24.4 Å². The summed E-state index contributed by atoms with van der Waals surface area (Å²) in [7, 11) is 0. The summed E-state index contributed by atoms with van der Waals surface area (Å²) in [6.07, 6.45) is 2.98. The van der Waals surface area contributed by atoms with Gasteiger partial charge in [0.1, 0.15) is 0 Å². The Morgan fingerprint density at radius 1 is 1.26 bits per heavy atom. The highest BCUT2D eigenvalue weighted by atomic mass is 16.4. The Labute approximate surface area is 136 Å². The van der Waals surface area contributed by atoms with E-state index < -0.39 is 5.97 Å². The van der Waals surface area contributed by atoms with Gasteiger partial charge in [-0.15, -0.1) is 0 Å². The molecule has 0 radical (unpaired) electrons. The van der Waals surface area contributed by atoms with Gasteiger partial charge in [-0.1, -0.05) is 18.2 Å². The first-order valence-electron chi connectivity index (χ1n) is 7.97. The fourth-order valence-corrected chi connectivity index (χ4v) is 2.84. The summed E-state index contributed by atoms with van der Waals surface area (Å²) in [6, 6.07) is 6.14. The van der Waals surface area contributed by atoms with Crippen molar-refractivity contribution in [2.24, 2.45) is 0 Å². The number of hydrogen-bond donors (Lipinski definition) is 2. The van der Waals surface area contributed by atoms with Crippen LogP contribution in [-0.4, -0.2) is 39.5 Å². The van der Waals surface area contributed by atoms with Crippen molar-refractivity contribution >= 4 is 22.8 Å². The first-order valence-corrected chi connectivity index (χ1v) is 7.97.